The van der Waals surface area contributed by atoms with Crippen LogP contribution in [0.4, 0.5) is 4.79 Å². The predicted molar refractivity (Wildman–Crippen MR) is 70.9 cm³/mol. The number of thiophene rings is 1. The molecule has 3 N–H and O–H groups in total. The molecule has 1 rings (SSSR count). The molecule has 5 nitrogen and oxygen atoms in total. The van der Waals surface area contributed by atoms with Crippen LogP contribution in [0.5, 0.6) is 0 Å². The highest BCUT2D eigenvalue weighted by Gasteiger charge is 2.10. The minimum absolute atomic E-state index is 0.0787. The van der Waals surface area contributed by atoms with Crippen molar-refractivity contribution in [2.24, 2.45) is 0 Å². The lowest BCUT2D eigenvalue weighted by molar-refractivity contribution is -0.137. The number of aliphatic carboxylic acids is 1. The van der Waals surface area contributed by atoms with Gasteiger partial charge in [-0.05, 0) is 32.4 Å². The fourth-order valence-corrected chi connectivity index (χ4v) is 2.49. The van der Waals surface area contributed by atoms with E-state index in [1.807, 2.05) is 19.9 Å². The number of hydrogen-bond donors (Lipinski definition) is 3. The Hall–Kier alpha value is -1.56. The molecule has 2 amide bonds. The van der Waals surface area contributed by atoms with Gasteiger partial charge < -0.3 is 15.7 Å². The number of nitrogens with one attached hydrogen (secondary N) is 2. The average molecular weight is 270 g/mol. The maximum atomic E-state index is 11.5. The summed E-state index contributed by atoms with van der Waals surface area (Å²) in [7, 11) is 0. The zero-order chi connectivity index (χ0) is 13.7. The van der Waals surface area contributed by atoms with Crippen LogP contribution in [-0.4, -0.2) is 23.1 Å². The van der Waals surface area contributed by atoms with E-state index in [4.69, 9.17) is 5.11 Å². The van der Waals surface area contributed by atoms with Gasteiger partial charge in [-0.3, -0.25) is 4.79 Å². The zero-order valence-electron chi connectivity index (χ0n) is 10.7. The summed E-state index contributed by atoms with van der Waals surface area (Å²) in [5.41, 5.74) is 1.22. The standard InChI is InChI=1S/C12H18N2O3S/c1-7-4-10(18-9(7)3)6-13-12(17)14-8(2)5-11(15)16/h4,8H,5-6H2,1-3H3,(H,15,16)(H2,13,14,17). The van der Waals surface area contributed by atoms with Gasteiger partial charge in [0.05, 0.1) is 13.0 Å². The van der Waals surface area contributed by atoms with Gasteiger partial charge in [0.1, 0.15) is 0 Å². The van der Waals surface area contributed by atoms with Crippen LogP contribution < -0.4 is 10.6 Å². The highest BCUT2D eigenvalue weighted by molar-refractivity contribution is 7.12. The third-order valence-electron chi connectivity index (χ3n) is 2.50. The number of carbonyl (C=O) groups is 2. The minimum atomic E-state index is -0.924. The Morgan fingerprint density at radius 1 is 1.44 bits per heavy atom. The van der Waals surface area contributed by atoms with Crippen molar-refractivity contribution >= 4 is 23.3 Å². The SMILES string of the molecule is Cc1cc(CNC(=O)NC(C)CC(=O)O)sc1C. The quantitative estimate of drug-likeness (QED) is 0.766. The lowest BCUT2D eigenvalue weighted by Gasteiger charge is -2.12. The van der Waals surface area contributed by atoms with E-state index in [-0.39, 0.29) is 18.5 Å². The maximum Gasteiger partial charge on any atom is 0.315 e. The molecule has 6 heteroatoms. The highest BCUT2D eigenvalue weighted by Crippen LogP contribution is 2.20. The molecule has 0 aliphatic rings. The van der Waals surface area contributed by atoms with E-state index >= 15 is 0 Å². The largest absolute Gasteiger partial charge is 0.481 e. The van der Waals surface area contributed by atoms with E-state index in [0.29, 0.717) is 6.54 Å². The number of aryl methyl sites for hydroxylation is 2. The molecule has 1 aromatic rings. The second-order valence-corrected chi connectivity index (χ2v) is 5.62. The van der Waals surface area contributed by atoms with E-state index in [9.17, 15) is 9.59 Å². The summed E-state index contributed by atoms with van der Waals surface area (Å²) >= 11 is 1.65. The number of urea groups is 1. The van der Waals surface area contributed by atoms with Crippen LogP contribution in [0.15, 0.2) is 6.07 Å². The van der Waals surface area contributed by atoms with E-state index in [1.165, 1.54) is 10.4 Å². The molecule has 1 aromatic heterocycles. The molecule has 0 aromatic carbocycles. The molecule has 0 spiro atoms. The number of carboxylic acid groups (broad SMARTS) is 1. The molecule has 1 atom stereocenters. The van der Waals surface area contributed by atoms with Gasteiger partial charge >= 0.3 is 12.0 Å². The number of amides is 2. The summed E-state index contributed by atoms with van der Waals surface area (Å²) < 4.78 is 0. The molecule has 1 unspecified atom stereocenters. The fraction of sp³-hybridized carbons (Fsp3) is 0.500. The van der Waals surface area contributed by atoms with Crippen LogP contribution in [-0.2, 0) is 11.3 Å². The van der Waals surface area contributed by atoms with Crippen LogP contribution in [0, 0.1) is 13.8 Å². The van der Waals surface area contributed by atoms with Crippen LogP contribution in [0.25, 0.3) is 0 Å². The molecule has 0 bridgehead atoms. The summed E-state index contributed by atoms with van der Waals surface area (Å²) in [6.45, 7) is 6.20. The summed E-state index contributed by atoms with van der Waals surface area (Å²) in [6, 6.07) is 1.32. The predicted octanol–water partition coefficient (Wildman–Crippen LogP) is 2.03. The third kappa shape index (κ3) is 4.75. The topological polar surface area (TPSA) is 78.4 Å². The van der Waals surface area contributed by atoms with Gasteiger partial charge in [-0.1, -0.05) is 0 Å². The monoisotopic (exact) mass is 270 g/mol. The molecule has 0 fully saturated rings. The first-order chi connectivity index (χ1) is 8.38. The summed E-state index contributed by atoms with van der Waals surface area (Å²) in [5.74, 6) is -0.924. The van der Waals surface area contributed by atoms with Crippen LogP contribution >= 0.6 is 11.3 Å². The summed E-state index contributed by atoms with van der Waals surface area (Å²) in [4.78, 5) is 24.3. The van der Waals surface area contributed by atoms with Gasteiger partial charge in [0, 0.05) is 15.8 Å². The van der Waals surface area contributed by atoms with Gasteiger partial charge in [0.15, 0.2) is 0 Å². The third-order valence-corrected chi connectivity index (χ3v) is 3.65. The smallest absolute Gasteiger partial charge is 0.315 e. The molecule has 0 saturated carbocycles. The number of hydrogen-bond acceptors (Lipinski definition) is 3. The lowest BCUT2D eigenvalue weighted by Crippen LogP contribution is -2.41. The van der Waals surface area contributed by atoms with E-state index in [0.717, 1.165) is 4.88 Å². The number of carbonyl (C=O) groups excluding carboxylic acids is 1. The van der Waals surface area contributed by atoms with Crippen molar-refractivity contribution in [1.29, 1.82) is 0 Å². The highest BCUT2D eigenvalue weighted by atomic mass is 32.1. The van der Waals surface area contributed by atoms with Crippen molar-refractivity contribution < 1.29 is 14.7 Å². The van der Waals surface area contributed by atoms with Gasteiger partial charge in [-0.2, -0.15) is 0 Å². The van der Waals surface area contributed by atoms with E-state index in [1.54, 1.807) is 18.3 Å². The van der Waals surface area contributed by atoms with Crippen molar-refractivity contribution in [3.63, 3.8) is 0 Å². The van der Waals surface area contributed by atoms with Crippen molar-refractivity contribution in [1.82, 2.24) is 10.6 Å². The zero-order valence-corrected chi connectivity index (χ0v) is 11.6. The molecular formula is C12H18N2O3S. The lowest BCUT2D eigenvalue weighted by atomic mass is 10.2. The Bertz CT molecular complexity index is 423. The summed E-state index contributed by atoms with van der Waals surface area (Å²) in [6.07, 6.45) is -0.0787. The van der Waals surface area contributed by atoms with Gasteiger partial charge in [0.25, 0.3) is 0 Å². The molecular weight excluding hydrogens is 252 g/mol. The van der Waals surface area contributed by atoms with E-state index in [2.05, 4.69) is 10.6 Å². The molecule has 0 aliphatic carbocycles. The second-order valence-electron chi connectivity index (χ2n) is 4.28. The molecule has 100 valence electrons. The number of carboxylic acids is 1. The molecule has 0 saturated heterocycles. The van der Waals surface area contributed by atoms with Crippen molar-refractivity contribution in [3.05, 3.63) is 21.4 Å². The van der Waals surface area contributed by atoms with Gasteiger partial charge in [-0.25, -0.2) is 4.79 Å². The fourth-order valence-electron chi connectivity index (χ4n) is 1.49. The molecule has 1 heterocycles. The normalized spacial score (nSPS) is 11.9. The Morgan fingerprint density at radius 3 is 2.61 bits per heavy atom. The maximum absolute atomic E-state index is 11.5. The second kappa shape index (κ2) is 6.39. The Balaban J connectivity index is 2.35. The van der Waals surface area contributed by atoms with Crippen LogP contribution in [0.3, 0.4) is 0 Å². The van der Waals surface area contributed by atoms with Crippen molar-refractivity contribution in [2.45, 2.75) is 39.8 Å². The van der Waals surface area contributed by atoms with Crippen LogP contribution in [0.2, 0.25) is 0 Å². The Morgan fingerprint density at radius 2 is 2.11 bits per heavy atom. The first-order valence-electron chi connectivity index (χ1n) is 5.70. The average Bonchev–Trinajstić information content (AvgIpc) is 2.54. The minimum Gasteiger partial charge on any atom is -0.481 e. The van der Waals surface area contributed by atoms with Crippen molar-refractivity contribution in [3.8, 4) is 0 Å². The summed E-state index contributed by atoms with van der Waals surface area (Å²) in [5, 5.41) is 13.9. The van der Waals surface area contributed by atoms with Crippen LogP contribution in [0.1, 0.15) is 28.7 Å². The van der Waals surface area contributed by atoms with E-state index < -0.39 is 5.97 Å². The Kier molecular flexibility index (Phi) is 5.15. The Labute approximate surface area is 110 Å². The first-order valence-corrected chi connectivity index (χ1v) is 6.52. The van der Waals surface area contributed by atoms with Crippen molar-refractivity contribution in [2.75, 3.05) is 0 Å². The first kappa shape index (κ1) is 14.5. The van der Waals surface area contributed by atoms with Gasteiger partial charge in [0.2, 0.25) is 0 Å². The molecule has 18 heavy (non-hydrogen) atoms. The van der Waals surface area contributed by atoms with Gasteiger partial charge in [-0.15, -0.1) is 11.3 Å². The number of rotatable bonds is 5. The molecule has 0 aliphatic heterocycles. The molecule has 0 radical (unpaired) electrons.